The predicted octanol–water partition coefficient (Wildman–Crippen LogP) is 2.65. The molecule has 1 aromatic rings. The van der Waals surface area contributed by atoms with Crippen molar-refractivity contribution in [1.82, 2.24) is 5.32 Å². The Morgan fingerprint density at radius 3 is 2.72 bits per heavy atom. The van der Waals surface area contributed by atoms with E-state index >= 15 is 0 Å². The molecule has 1 amide bonds. The third kappa shape index (κ3) is 4.31. The molecular weight excluding hydrogens is 240 g/mol. The van der Waals surface area contributed by atoms with Crippen LogP contribution in [0.15, 0.2) is 18.2 Å². The van der Waals surface area contributed by atoms with Crippen molar-refractivity contribution in [2.45, 2.75) is 32.8 Å². The van der Waals surface area contributed by atoms with Crippen molar-refractivity contribution in [3.05, 3.63) is 29.8 Å². The maximum Gasteiger partial charge on any atom is 0.260 e. The number of hydrogen-bond donors (Lipinski definition) is 1. The van der Waals surface area contributed by atoms with Crippen molar-refractivity contribution in [1.29, 1.82) is 0 Å². The van der Waals surface area contributed by atoms with Gasteiger partial charge in [-0.05, 0) is 25.5 Å². The fourth-order valence-corrected chi connectivity index (χ4v) is 1.34. The third-order valence-corrected chi connectivity index (χ3v) is 2.40. The normalized spacial score (nSPS) is 12.0. The lowest BCUT2D eigenvalue weighted by atomic mass is 10.3. The zero-order chi connectivity index (χ0) is 13.5. The summed E-state index contributed by atoms with van der Waals surface area (Å²) in [6, 6.07) is 3.17. The van der Waals surface area contributed by atoms with Crippen LogP contribution < -0.4 is 10.1 Å². The van der Waals surface area contributed by atoms with Crippen LogP contribution in [0.4, 0.5) is 8.78 Å². The summed E-state index contributed by atoms with van der Waals surface area (Å²) in [7, 11) is 0. The van der Waals surface area contributed by atoms with Gasteiger partial charge in [0.2, 0.25) is 0 Å². The highest BCUT2D eigenvalue weighted by Gasteiger charge is 2.14. The Kier molecular flexibility index (Phi) is 5.55. The molecule has 0 aliphatic heterocycles. The van der Waals surface area contributed by atoms with Crippen molar-refractivity contribution >= 4 is 5.91 Å². The van der Waals surface area contributed by atoms with E-state index in [-0.39, 0.29) is 11.7 Å². The van der Waals surface area contributed by atoms with E-state index in [1.807, 2.05) is 6.92 Å². The average Bonchev–Trinajstić information content (AvgIpc) is 2.34. The number of carbonyl (C=O) groups is 1. The molecular formula is C13H17F2NO2. The van der Waals surface area contributed by atoms with Crippen molar-refractivity contribution in [3.8, 4) is 5.75 Å². The lowest BCUT2D eigenvalue weighted by Gasteiger charge is -2.14. The summed E-state index contributed by atoms with van der Waals surface area (Å²) in [5.41, 5.74) is 0. The minimum Gasteiger partial charge on any atom is -0.481 e. The van der Waals surface area contributed by atoms with Gasteiger partial charge in [-0.2, -0.15) is 0 Å². The number of unbranched alkanes of at least 4 members (excludes halogenated alkanes) is 1. The van der Waals surface area contributed by atoms with Gasteiger partial charge in [-0.15, -0.1) is 0 Å². The van der Waals surface area contributed by atoms with E-state index in [0.29, 0.717) is 6.54 Å². The number of rotatable bonds is 6. The smallest absolute Gasteiger partial charge is 0.260 e. The second kappa shape index (κ2) is 6.93. The maximum absolute atomic E-state index is 12.9. The monoisotopic (exact) mass is 257 g/mol. The molecule has 0 bridgehead atoms. The minimum absolute atomic E-state index is 0.132. The topological polar surface area (TPSA) is 38.3 Å². The molecule has 100 valence electrons. The van der Waals surface area contributed by atoms with Gasteiger partial charge in [-0.3, -0.25) is 4.79 Å². The van der Waals surface area contributed by atoms with Crippen molar-refractivity contribution in [3.63, 3.8) is 0 Å². The van der Waals surface area contributed by atoms with Gasteiger partial charge in [0.1, 0.15) is 5.75 Å². The van der Waals surface area contributed by atoms with Crippen LogP contribution in [0.1, 0.15) is 26.7 Å². The standard InChI is InChI=1S/C13H17F2NO2/c1-3-4-7-16-13(17)9(2)18-10-5-6-11(14)12(15)8-10/h5-6,8-9H,3-4,7H2,1-2H3,(H,16,17). The first-order valence-electron chi connectivity index (χ1n) is 5.94. The molecule has 0 heterocycles. The van der Waals surface area contributed by atoms with Gasteiger partial charge in [0.15, 0.2) is 17.7 Å². The first-order valence-corrected chi connectivity index (χ1v) is 5.94. The van der Waals surface area contributed by atoms with Gasteiger partial charge >= 0.3 is 0 Å². The van der Waals surface area contributed by atoms with Crippen molar-refractivity contribution in [2.24, 2.45) is 0 Å². The van der Waals surface area contributed by atoms with Crippen LogP contribution in [0.5, 0.6) is 5.75 Å². The van der Waals surface area contributed by atoms with Crippen LogP contribution in [-0.2, 0) is 4.79 Å². The van der Waals surface area contributed by atoms with E-state index < -0.39 is 17.7 Å². The van der Waals surface area contributed by atoms with Gasteiger partial charge in [0.05, 0.1) is 0 Å². The van der Waals surface area contributed by atoms with E-state index in [2.05, 4.69) is 5.32 Å². The third-order valence-electron chi connectivity index (χ3n) is 2.40. The summed E-state index contributed by atoms with van der Waals surface area (Å²) in [6.07, 6.45) is 1.13. The lowest BCUT2D eigenvalue weighted by Crippen LogP contribution is -2.36. The van der Waals surface area contributed by atoms with Crippen molar-refractivity contribution in [2.75, 3.05) is 6.54 Å². The summed E-state index contributed by atoms with van der Waals surface area (Å²) in [6.45, 7) is 4.16. The van der Waals surface area contributed by atoms with E-state index in [0.717, 1.165) is 25.0 Å². The highest BCUT2D eigenvalue weighted by atomic mass is 19.2. The maximum atomic E-state index is 12.9. The molecule has 0 radical (unpaired) electrons. The fraction of sp³-hybridized carbons (Fsp3) is 0.462. The van der Waals surface area contributed by atoms with Gasteiger partial charge in [-0.1, -0.05) is 13.3 Å². The Morgan fingerprint density at radius 2 is 2.11 bits per heavy atom. The number of amides is 1. The molecule has 1 atom stereocenters. The number of benzene rings is 1. The number of halogens is 2. The molecule has 18 heavy (non-hydrogen) atoms. The summed E-state index contributed by atoms with van der Waals surface area (Å²) in [4.78, 5) is 11.6. The first-order chi connectivity index (χ1) is 8.54. The molecule has 1 N–H and O–H groups in total. The second-order valence-corrected chi connectivity index (χ2v) is 3.98. The van der Waals surface area contributed by atoms with Crippen LogP contribution in [0, 0.1) is 11.6 Å². The fourth-order valence-electron chi connectivity index (χ4n) is 1.34. The molecule has 0 aliphatic carbocycles. The summed E-state index contributed by atoms with van der Waals surface area (Å²) >= 11 is 0. The average molecular weight is 257 g/mol. The highest BCUT2D eigenvalue weighted by Crippen LogP contribution is 2.16. The van der Waals surface area contributed by atoms with Gasteiger partial charge in [0, 0.05) is 12.6 Å². The van der Waals surface area contributed by atoms with Gasteiger partial charge < -0.3 is 10.1 Å². The lowest BCUT2D eigenvalue weighted by molar-refractivity contribution is -0.127. The van der Waals surface area contributed by atoms with Crippen LogP contribution in [-0.4, -0.2) is 18.6 Å². The van der Waals surface area contributed by atoms with Crippen molar-refractivity contribution < 1.29 is 18.3 Å². The zero-order valence-electron chi connectivity index (χ0n) is 10.5. The first kappa shape index (κ1) is 14.4. The quantitative estimate of drug-likeness (QED) is 0.796. The molecule has 0 spiro atoms. The summed E-state index contributed by atoms with van der Waals surface area (Å²) in [5, 5.41) is 2.70. The molecule has 0 saturated heterocycles. The summed E-state index contributed by atoms with van der Waals surface area (Å²) in [5.74, 6) is -2.08. The molecule has 3 nitrogen and oxygen atoms in total. The minimum atomic E-state index is -0.994. The SMILES string of the molecule is CCCCNC(=O)C(C)Oc1ccc(F)c(F)c1. The van der Waals surface area contributed by atoms with Crippen LogP contribution >= 0.6 is 0 Å². The molecule has 0 aromatic heterocycles. The largest absolute Gasteiger partial charge is 0.481 e. The van der Waals surface area contributed by atoms with Gasteiger partial charge in [0.25, 0.3) is 5.91 Å². The number of carbonyl (C=O) groups excluding carboxylic acids is 1. The number of hydrogen-bond acceptors (Lipinski definition) is 2. The Hall–Kier alpha value is -1.65. The molecule has 1 aromatic carbocycles. The Labute approximate surface area is 105 Å². The van der Waals surface area contributed by atoms with Crippen LogP contribution in [0.3, 0.4) is 0 Å². The van der Waals surface area contributed by atoms with E-state index in [1.165, 1.54) is 6.07 Å². The summed E-state index contributed by atoms with van der Waals surface area (Å²) < 4.78 is 30.8. The van der Waals surface area contributed by atoms with Crippen LogP contribution in [0.2, 0.25) is 0 Å². The molecule has 1 unspecified atom stereocenters. The molecule has 0 aliphatic rings. The second-order valence-electron chi connectivity index (χ2n) is 3.98. The Balaban J connectivity index is 2.50. The zero-order valence-corrected chi connectivity index (χ0v) is 10.5. The van der Waals surface area contributed by atoms with E-state index in [1.54, 1.807) is 6.92 Å². The van der Waals surface area contributed by atoms with E-state index in [9.17, 15) is 13.6 Å². The highest BCUT2D eigenvalue weighted by molar-refractivity contribution is 5.80. The molecule has 0 saturated carbocycles. The molecule has 1 rings (SSSR count). The molecule has 0 fully saturated rings. The number of nitrogens with one attached hydrogen (secondary N) is 1. The molecule has 5 heteroatoms. The Morgan fingerprint density at radius 1 is 1.39 bits per heavy atom. The van der Waals surface area contributed by atoms with Crippen LogP contribution in [0.25, 0.3) is 0 Å². The number of ether oxygens (including phenoxy) is 1. The van der Waals surface area contributed by atoms with Gasteiger partial charge in [-0.25, -0.2) is 8.78 Å². The van der Waals surface area contributed by atoms with E-state index in [4.69, 9.17) is 4.74 Å². The Bertz CT molecular complexity index is 410. The predicted molar refractivity (Wildman–Crippen MR) is 64.4 cm³/mol.